The number of piperazine rings is 1. The third kappa shape index (κ3) is 2.14. The monoisotopic (exact) mass is 222 g/mol. The Morgan fingerprint density at radius 1 is 1.06 bits per heavy atom. The lowest BCUT2D eigenvalue weighted by Gasteiger charge is -2.44. The van der Waals surface area contributed by atoms with Crippen LogP contribution < -0.4 is 0 Å². The smallest absolute Gasteiger partial charge is 0.0223 e. The average molecular weight is 222 g/mol. The molecule has 2 heteroatoms. The second-order valence-corrected chi connectivity index (χ2v) is 6.03. The van der Waals surface area contributed by atoms with Gasteiger partial charge in [0.15, 0.2) is 0 Å². The van der Waals surface area contributed by atoms with E-state index in [0.29, 0.717) is 0 Å². The van der Waals surface area contributed by atoms with E-state index in [1.54, 1.807) is 0 Å². The van der Waals surface area contributed by atoms with E-state index in [0.717, 1.165) is 18.0 Å². The van der Waals surface area contributed by atoms with Gasteiger partial charge in [-0.1, -0.05) is 19.8 Å². The molecule has 0 amide bonds. The van der Waals surface area contributed by atoms with E-state index in [2.05, 4.69) is 16.7 Å². The second kappa shape index (κ2) is 4.66. The Morgan fingerprint density at radius 3 is 2.81 bits per heavy atom. The van der Waals surface area contributed by atoms with Crippen LogP contribution in [0.2, 0.25) is 0 Å². The number of nitrogens with zero attached hydrogens (tertiary/aromatic N) is 2. The minimum absolute atomic E-state index is 0.908. The van der Waals surface area contributed by atoms with Gasteiger partial charge in [0.1, 0.15) is 0 Å². The Labute approximate surface area is 100.0 Å². The molecule has 3 fully saturated rings. The fourth-order valence-corrected chi connectivity index (χ4v) is 3.84. The Morgan fingerprint density at radius 2 is 1.94 bits per heavy atom. The molecular formula is C14H26N2. The van der Waals surface area contributed by atoms with Crippen molar-refractivity contribution in [1.29, 1.82) is 0 Å². The molecule has 0 aromatic heterocycles. The maximum absolute atomic E-state index is 2.81. The highest BCUT2D eigenvalue weighted by Crippen LogP contribution is 2.40. The molecule has 0 aromatic rings. The van der Waals surface area contributed by atoms with Gasteiger partial charge in [0.25, 0.3) is 0 Å². The van der Waals surface area contributed by atoms with E-state index in [1.165, 1.54) is 64.7 Å². The maximum Gasteiger partial charge on any atom is 0.0223 e. The summed E-state index contributed by atoms with van der Waals surface area (Å²) in [4.78, 5) is 5.56. The molecule has 3 unspecified atom stereocenters. The van der Waals surface area contributed by atoms with E-state index < -0.39 is 0 Å². The lowest BCUT2D eigenvalue weighted by atomic mass is 9.99. The summed E-state index contributed by atoms with van der Waals surface area (Å²) >= 11 is 0. The van der Waals surface area contributed by atoms with Crippen LogP contribution in [0.15, 0.2) is 0 Å². The van der Waals surface area contributed by atoms with Gasteiger partial charge in [0, 0.05) is 31.7 Å². The lowest BCUT2D eigenvalue weighted by Crippen LogP contribution is -2.55. The van der Waals surface area contributed by atoms with Gasteiger partial charge >= 0.3 is 0 Å². The summed E-state index contributed by atoms with van der Waals surface area (Å²) in [6.45, 7) is 7.78. The van der Waals surface area contributed by atoms with E-state index in [9.17, 15) is 0 Å². The molecule has 2 heterocycles. The van der Waals surface area contributed by atoms with Crippen molar-refractivity contribution in [2.75, 3.05) is 26.2 Å². The van der Waals surface area contributed by atoms with Gasteiger partial charge < -0.3 is 0 Å². The van der Waals surface area contributed by atoms with Crippen molar-refractivity contribution >= 4 is 0 Å². The first-order valence-electron chi connectivity index (χ1n) is 7.36. The molecule has 3 rings (SSSR count). The minimum Gasteiger partial charge on any atom is -0.298 e. The van der Waals surface area contributed by atoms with Gasteiger partial charge in [-0.2, -0.15) is 0 Å². The van der Waals surface area contributed by atoms with E-state index in [-0.39, 0.29) is 0 Å². The predicted octanol–water partition coefficient (Wildman–Crippen LogP) is 2.35. The topological polar surface area (TPSA) is 6.48 Å². The first-order valence-corrected chi connectivity index (χ1v) is 7.36. The summed E-state index contributed by atoms with van der Waals surface area (Å²) in [5.41, 5.74) is 0. The molecule has 3 aliphatic rings. The predicted molar refractivity (Wildman–Crippen MR) is 67.6 cm³/mol. The second-order valence-electron chi connectivity index (χ2n) is 6.03. The molecule has 0 N–H and O–H groups in total. The largest absolute Gasteiger partial charge is 0.298 e. The summed E-state index contributed by atoms with van der Waals surface area (Å²) < 4.78 is 0. The van der Waals surface area contributed by atoms with Crippen molar-refractivity contribution in [3.63, 3.8) is 0 Å². The van der Waals surface area contributed by atoms with Crippen molar-refractivity contribution in [1.82, 2.24) is 9.80 Å². The van der Waals surface area contributed by atoms with Crippen molar-refractivity contribution in [3.8, 4) is 0 Å². The molecule has 0 aromatic carbocycles. The highest BCUT2D eigenvalue weighted by molar-refractivity contribution is 4.98. The molecule has 2 saturated heterocycles. The highest BCUT2D eigenvalue weighted by atomic mass is 15.3. The zero-order valence-corrected chi connectivity index (χ0v) is 10.7. The van der Waals surface area contributed by atoms with Crippen LogP contribution in [0.4, 0.5) is 0 Å². The molecule has 16 heavy (non-hydrogen) atoms. The molecule has 0 bridgehead atoms. The number of piperidine rings is 1. The van der Waals surface area contributed by atoms with Crippen LogP contribution in [-0.4, -0.2) is 48.1 Å². The van der Waals surface area contributed by atoms with Gasteiger partial charge in [0.2, 0.25) is 0 Å². The normalized spacial score (nSPS) is 40.7. The van der Waals surface area contributed by atoms with Crippen molar-refractivity contribution in [2.45, 2.75) is 57.5 Å². The van der Waals surface area contributed by atoms with Gasteiger partial charge in [-0.3, -0.25) is 9.80 Å². The Hall–Kier alpha value is -0.0800. The van der Waals surface area contributed by atoms with E-state index in [1.807, 2.05) is 0 Å². The van der Waals surface area contributed by atoms with E-state index in [4.69, 9.17) is 0 Å². The number of hydrogen-bond donors (Lipinski definition) is 0. The molecule has 3 atom stereocenters. The quantitative estimate of drug-likeness (QED) is 0.723. The molecule has 1 aliphatic carbocycles. The minimum atomic E-state index is 0.908. The van der Waals surface area contributed by atoms with Gasteiger partial charge in [-0.15, -0.1) is 0 Å². The van der Waals surface area contributed by atoms with Crippen molar-refractivity contribution in [2.24, 2.45) is 5.92 Å². The van der Waals surface area contributed by atoms with E-state index >= 15 is 0 Å². The summed E-state index contributed by atoms with van der Waals surface area (Å²) in [5, 5.41) is 0. The van der Waals surface area contributed by atoms with Crippen LogP contribution >= 0.6 is 0 Å². The van der Waals surface area contributed by atoms with Crippen LogP contribution in [0.25, 0.3) is 0 Å². The van der Waals surface area contributed by atoms with Crippen LogP contribution in [0.3, 0.4) is 0 Å². The lowest BCUT2D eigenvalue weighted by molar-refractivity contribution is 0.0427. The molecule has 0 spiro atoms. The third-order valence-electron chi connectivity index (χ3n) is 4.88. The van der Waals surface area contributed by atoms with Gasteiger partial charge in [-0.05, 0) is 38.1 Å². The molecule has 1 saturated carbocycles. The SMILES string of the molecule is CCCC1CC1N1CCN2CCCCC2C1. The standard InChI is InChI=1S/C14H26N2/c1-2-5-12-10-14(12)16-9-8-15-7-4-3-6-13(15)11-16/h12-14H,2-11H2,1H3. The summed E-state index contributed by atoms with van der Waals surface area (Å²) in [5.74, 6) is 1.06. The molecule has 2 nitrogen and oxygen atoms in total. The maximum atomic E-state index is 2.81. The van der Waals surface area contributed by atoms with Crippen LogP contribution in [0.5, 0.6) is 0 Å². The van der Waals surface area contributed by atoms with Gasteiger partial charge in [-0.25, -0.2) is 0 Å². The first-order chi connectivity index (χ1) is 7.88. The van der Waals surface area contributed by atoms with Gasteiger partial charge in [0.05, 0.1) is 0 Å². The van der Waals surface area contributed by atoms with Crippen molar-refractivity contribution < 1.29 is 0 Å². The Kier molecular flexibility index (Phi) is 3.21. The highest BCUT2D eigenvalue weighted by Gasteiger charge is 2.43. The van der Waals surface area contributed by atoms with Crippen LogP contribution in [-0.2, 0) is 0 Å². The van der Waals surface area contributed by atoms with Crippen molar-refractivity contribution in [3.05, 3.63) is 0 Å². The molecule has 92 valence electrons. The first kappa shape index (κ1) is 11.0. The number of fused-ring (bicyclic) bond motifs is 1. The van der Waals surface area contributed by atoms with Crippen LogP contribution in [0.1, 0.15) is 45.4 Å². The fourth-order valence-electron chi connectivity index (χ4n) is 3.84. The molecule has 2 aliphatic heterocycles. The Bertz CT molecular complexity index is 241. The number of hydrogen-bond acceptors (Lipinski definition) is 2. The fraction of sp³-hybridized carbons (Fsp3) is 1.00. The Balaban J connectivity index is 1.51. The summed E-state index contributed by atoms with van der Waals surface area (Å²) in [7, 11) is 0. The summed E-state index contributed by atoms with van der Waals surface area (Å²) in [6, 6.07) is 1.88. The zero-order chi connectivity index (χ0) is 11.0. The molecule has 0 radical (unpaired) electrons. The van der Waals surface area contributed by atoms with Crippen LogP contribution in [0, 0.1) is 5.92 Å². The molecular weight excluding hydrogens is 196 g/mol. The number of rotatable bonds is 3. The average Bonchev–Trinajstić information content (AvgIpc) is 3.08. The zero-order valence-electron chi connectivity index (χ0n) is 10.7. The third-order valence-corrected chi connectivity index (χ3v) is 4.88. The summed E-state index contributed by atoms with van der Waals surface area (Å²) in [6.07, 6.45) is 8.72.